The Kier molecular flexibility index (Phi) is 4.71. The summed E-state index contributed by atoms with van der Waals surface area (Å²) >= 11 is 0. The maximum absolute atomic E-state index is 11.9. The van der Waals surface area contributed by atoms with Gasteiger partial charge in [-0.25, -0.2) is 4.79 Å². The summed E-state index contributed by atoms with van der Waals surface area (Å²) in [6.07, 6.45) is 0. The van der Waals surface area contributed by atoms with Gasteiger partial charge < -0.3 is 14.7 Å². The van der Waals surface area contributed by atoms with E-state index in [4.69, 9.17) is 4.74 Å². The predicted molar refractivity (Wildman–Crippen MR) is 88.6 cm³/mol. The lowest BCUT2D eigenvalue weighted by Gasteiger charge is -2.14. The summed E-state index contributed by atoms with van der Waals surface area (Å²) in [6.45, 7) is 3.82. The average Bonchev–Trinajstić information content (AvgIpc) is 2.46. The van der Waals surface area contributed by atoms with Crippen LogP contribution >= 0.6 is 0 Å². The fourth-order valence-corrected chi connectivity index (χ4v) is 2.36. The second-order valence-corrected chi connectivity index (χ2v) is 5.35. The molecule has 0 aliphatic rings. The highest BCUT2D eigenvalue weighted by molar-refractivity contribution is 5.95. The minimum absolute atomic E-state index is 0.0508. The third-order valence-corrected chi connectivity index (χ3v) is 3.51. The lowest BCUT2D eigenvalue weighted by Crippen LogP contribution is -2.08. The third-order valence-electron chi connectivity index (χ3n) is 3.51. The lowest BCUT2D eigenvalue weighted by atomic mass is 9.98. The first-order chi connectivity index (χ1) is 10.4. The van der Waals surface area contributed by atoms with Crippen LogP contribution < -0.4 is 4.90 Å². The van der Waals surface area contributed by atoms with Gasteiger partial charge in [-0.3, -0.25) is 0 Å². The van der Waals surface area contributed by atoms with Crippen molar-refractivity contribution in [2.24, 2.45) is 0 Å². The molecule has 0 aliphatic carbocycles. The zero-order valence-electron chi connectivity index (χ0n) is 13.4. The molecule has 2 aromatic rings. The summed E-state index contributed by atoms with van der Waals surface area (Å²) in [5, 5.41) is 10.2. The molecule has 0 amide bonds. The average molecular weight is 299 g/mol. The number of phenols is 1. The van der Waals surface area contributed by atoms with E-state index in [0.717, 1.165) is 16.8 Å². The molecule has 0 bridgehead atoms. The lowest BCUT2D eigenvalue weighted by molar-refractivity contribution is 0.0522. The molecule has 0 saturated carbocycles. The zero-order valence-corrected chi connectivity index (χ0v) is 13.4. The minimum atomic E-state index is -0.494. The summed E-state index contributed by atoms with van der Waals surface area (Å²) in [4.78, 5) is 13.9. The zero-order chi connectivity index (χ0) is 16.3. The van der Waals surface area contributed by atoms with E-state index in [1.165, 1.54) is 0 Å². The minimum Gasteiger partial charge on any atom is -0.507 e. The fraction of sp³-hybridized carbons (Fsp3) is 0.278. The van der Waals surface area contributed by atoms with Crippen molar-refractivity contribution in [1.82, 2.24) is 0 Å². The van der Waals surface area contributed by atoms with Crippen LogP contribution in [0.1, 0.15) is 22.8 Å². The molecule has 1 N–H and O–H groups in total. The van der Waals surface area contributed by atoms with Gasteiger partial charge in [0, 0.05) is 19.8 Å². The molecule has 22 heavy (non-hydrogen) atoms. The van der Waals surface area contributed by atoms with Gasteiger partial charge in [-0.2, -0.15) is 0 Å². The maximum Gasteiger partial charge on any atom is 0.342 e. The second-order valence-electron chi connectivity index (χ2n) is 5.35. The molecule has 2 rings (SSSR count). The summed E-state index contributed by atoms with van der Waals surface area (Å²) in [5.74, 6) is -0.544. The molecule has 116 valence electrons. The molecule has 0 unspecified atom stereocenters. The van der Waals surface area contributed by atoms with Crippen LogP contribution in [0.3, 0.4) is 0 Å². The number of hydrogen-bond donors (Lipinski definition) is 1. The Balaban J connectivity index is 2.39. The number of nitrogens with zero attached hydrogens (tertiary/aromatic N) is 1. The van der Waals surface area contributed by atoms with Gasteiger partial charge in [0.2, 0.25) is 0 Å². The molecule has 4 heteroatoms. The Hall–Kier alpha value is -2.49. The van der Waals surface area contributed by atoms with Crippen LogP contribution in [0.15, 0.2) is 36.4 Å². The number of phenolic OH excluding ortho intramolecular Hbond substituents is 1. The number of esters is 1. The molecule has 0 atom stereocenters. The summed E-state index contributed by atoms with van der Waals surface area (Å²) in [5.41, 5.74) is 3.89. The van der Waals surface area contributed by atoms with Crippen molar-refractivity contribution in [2.75, 3.05) is 25.6 Å². The van der Waals surface area contributed by atoms with Gasteiger partial charge in [0.15, 0.2) is 0 Å². The van der Waals surface area contributed by atoms with E-state index in [1.807, 2.05) is 49.3 Å². The quantitative estimate of drug-likeness (QED) is 0.876. The van der Waals surface area contributed by atoms with Gasteiger partial charge in [-0.1, -0.05) is 18.2 Å². The van der Waals surface area contributed by atoms with Crippen LogP contribution in [0.5, 0.6) is 5.75 Å². The van der Waals surface area contributed by atoms with Crippen molar-refractivity contribution in [3.8, 4) is 16.9 Å². The van der Waals surface area contributed by atoms with Gasteiger partial charge in [0.05, 0.1) is 6.61 Å². The van der Waals surface area contributed by atoms with E-state index in [-0.39, 0.29) is 17.9 Å². The first kappa shape index (κ1) is 15.9. The van der Waals surface area contributed by atoms with Crippen LogP contribution in [0.2, 0.25) is 0 Å². The molecule has 0 fully saturated rings. The van der Waals surface area contributed by atoms with Crippen LogP contribution in [0.4, 0.5) is 5.69 Å². The Labute approximate surface area is 131 Å². The Morgan fingerprint density at radius 3 is 2.27 bits per heavy atom. The number of rotatable bonds is 4. The largest absolute Gasteiger partial charge is 0.507 e. The normalized spacial score (nSPS) is 10.4. The standard InChI is InChI=1S/C18H21NO3/c1-5-22-18(21)17-12(2)10-14(11-16(17)20)13-6-8-15(9-7-13)19(3)4/h6-11,20H,5H2,1-4H3. The van der Waals surface area contributed by atoms with Gasteiger partial charge >= 0.3 is 5.97 Å². The third kappa shape index (κ3) is 3.22. The molecule has 0 heterocycles. The first-order valence-corrected chi connectivity index (χ1v) is 7.22. The number of aryl methyl sites for hydroxylation is 1. The highest BCUT2D eigenvalue weighted by Gasteiger charge is 2.17. The molecule has 4 nitrogen and oxygen atoms in total. The SMILES string of the molecule is CCOC(=O)c1c(C)cc(-c2ccc(N(C)C)cc2)cc1O. The number of hydrogen-bond acceptors (Lipinski definition) is 4. The number of ether oxygens (including phenoxy) is 1. The van der Waals surface area contributed by atoms with Crippen molar-refractivity contribution in [2.45, 2.75) is 13.8 Å². The van der Waals surface area contributed by atoms with E-state index in [9.17, 15) is 9.90 Å². The number of carbonyl (C=O) groups is 1. The molecule has 0 radical (unpaired) electrons. The maximum atomic E-state index is 11.9. The topological polar surface area (TPSA) is 49.8 Å². The molecule has 0 spiro atoms. The highest BCUT2D eigenvalue weighted by atomic mass is 16.5. The van der Waals surface area contributed by atoms with Crippen molar-refractivity contribution in [1.29, 1.82) is 0 Å². The molecular weight excluding hydrogens is 278 g/mol. The number of anilines is 1. The molecule has 0 saturated heterocycles. The van der Waals surface area contributed by atoms with Gasteiger partial charge in [0.1, 0.15) is 11.3 Å². The molecule has 0 aliphatic heterocycles. The Bertz CT molecular complexity index is 652. The number of benzene rings is 2. The number of aromatic hydroxyl groups is 1. The van der Waals surface area contributed by atoms with Gasteiger partial charge in [0.25, 0.3) is 0 Å². The molecule has 0 aromatic heterocycles. The van der Waals surface area contributed by atoms with E-state index in [2.05, 4.69) is 0 Å². The Morgan fingerprint density at radius 1 is 1.14 bits per heavy atom. The van der Waals surface area contributed by atoms with Crippen molar-refractivity contribution >= 4 is 11.7 Å². The summed E-state index contributed by atoms with van der Waals surface area (Å²) < 4.78 is 4.97. The molecular formula is C18H21NO3. The van der Waals surface area contributed by atoms with E-state index in [1.54, 1.807) is 19.9 Å². The van der Waals surface area contributed by atoms with Gasteiger partial charge in [-0.05, 0) is 48.7 Å². The van der Waals surface area contributed by atoms with Crippen molar-refractivity contribution < 1.29 is 14.6 Å². The second kappa shape index (κ2) is 6.52. The number of carbonyl (C=O) groups excluding carboxylic acids is 1. The fourth-order valence-electron chi connectivity index (χ4n) is 2.36. The highest BCUT2D eigenvalue weighted by Crippen LogP contribution is 2.31. The van der Waals surface area contributed by atoms with Crippen molar-refractivity contribution in [3.05, 3.63) is 47.5 Å². The summed E-state index contributed by atoms with van der Waals surface area (Å²) in [7, 11) is 3.97. The van der Waals surface area contributed by atoms with Crippen molar-refractivity contribution in [3.63, 3.8) is 0 Å². The Morgan fingerprint density at radius 2 is 1.77 bits per heavy atom. The van der Waals surface area contributed by atoms with Gasteiger partial charge in [-0.15, -0.1) is 0 Å². The van der Waals surface area contributed by atoms with E-state index >= 15 is 0 Å². The van der Waals surface area contributed by atoms with Crippen LogP contribution in [-0.2, 0) is 4.74 Å². The van der Waals surface area contributed by atoms with E-state index in [0.29, 0.717) is 5.56 Å². The smallest absolute Gasteiger partial charge is 0.342 e. The van der Waals surface area contributed by atoms with Crippen LogP contribution in [0, 0.1) is 6.92 Å². The predicted octanol–water partition coefficient (Wildman–Crippen LogP) is 3.61. The summed E-state index contributed by atoms with van der Waals surface area (Å²) in [6, 6.07) is 11.5. The van der Waals surface area contributed by atoms with E-state index < -0.39 is 5.97 Å². The monoisotopic (exact) mass is 299 g/mol. The van der Waals surface area contributed by atoms with Crippen LogP contribution in [-0.4, -0.2) is 31.8 Å². The molecule has 2 aromatic carbocycles. The first-order valence-electron chi connectivity index (χ1n) is 7.22. The van der Waals surface area contributed by atoms with Crippen LogP contribution in [0.25, 0.3) is 11.1 Å².